The largest absolute Gasteiger partial charge is 0.507 e. The molecule has 2 rings (SSSR count). The molecule has 128 valence electrons. The molecule has 24 heavy (non-hydrogen) atoms. The molecule has 0 bridgehead atoms. The van der Waals surface area contributed by atoms with E-state index in [1.807, 2.05) is 0 Å². The van der Waals surface area contributed by atoms with Gasteiger partial charge in [-0.15, -0.1) is 0 Å². The van der Waals surface area contributed by atoms with E-state index in [9.17, 15) is 9.90 Å². The van der Waals surface area contributed by atoms with Crippen LogP contribution in [0.4, 0.5) is 0 Å². The van der Waals surface area contributed by atoms with Crippen molar-refractivity contribution in [2.75, 3.05) is 0 Å². The second-order valence-corrected chi connectivity index (χ2v) is 7.62. The fourth-order valence-electron chi connectivity index (χ4n) is 3.36. The van der Waals surface area contributed by atoms with Gasteiger partial charge in [0.15, 0.2) is 5.78 Å². The van der Waals surface area contributed by atoms with Gasteiger partial charge in [-0.2, -0.15) is 0 Å². The minimum atomic E-state index is -0.0164. The number of aryl methyl sites for hydroxylation is 1. The van der Waals surface area contributed by atoms with Gasteiger partial charge >= 0.3 is 0 Å². The molecule has 0 aliphatic heterocycles. The van der Waals surface area contributed by atoms with Crippen molar-refractivity contribution in [2.45, 2.75) is 52.4 Å². The van der Waals surface area contributed by atoms with Crippen LogP contribution in [0.2, 0.25) is 0 Å². The summed E-state index contributed by atoms with van der Waals surface area (Å²) >= 11 is 0. The average Bonchev–Trinajstić information content (AvgIpc) is 2.52. The summed E-state index contributed by atoms with van der Waals surface area (Å²) in [4.78, 5) is 12.2. The highest BCUT2D eigenvalue weighted by atomic mass is 16.3. The maximum absolute atomic E-state index is 12.2. The minimum Gasteiger partial charge on any atom is -0.507 e. The Hall–Kier alpha value is -2.09. The summed E-state index contributed by atoms with van der Waals surface area (Å²) < 4.78 is 0. The van der Waals surface area contributed by atoms with Gasteiger partial charge in [0.1, 0.15) is 5.75 Å². The van der Waals surface area contributed by atoms with Crippen molar-refractivity contribution in [2.24, 2.45) is 5.92 Å². The van der Waals surface area contributed by atoms with Gasteiger partial charge < -0.3 is 5.11 Å². The maximum atomic E-state index is 12.2. The molecule has 0 aliphatic rings. The van der Waals surface area contributed by atoms with Gasteiger partial charge in [0, 0.05) is 6.42 Å². The molecular formula is C22H28O2. The zero-order chi connectivity index (χ0) is 17.7. The van der Waals surface area contributed by atoms with E-state index in [-0.39, 0.29) is 16.9 Å². The number of benzene rings is 2. The lowest BCUT2D eigenvalue weighted by Crippen LogP contribution is -2.19. The molecule has 0 spiro atoms. The molecule has 0 saturated heterocycles. The fourth-order valence-corrected chi connectivity index (χ4v) is 3.36. The van der Waals surface area contributed by atoms with E-state index in [0.29, 0.717) is 24.3 Å². The summed E-state index contributed by atoms with van der Waals surface area (Å²) in [5, 5.41) is 9.76. The third-order valence-corrected chi connectivity index (χ3v) is 4.50. The van der Waals surface area contributed by atoms with E-state index >= 15 is 0 Å². The first-order valence-corrected chi connectivity index (χ1v) is 8.70. The first-order valence-electron chi connectivity index (χ1n) is 8.70. The van der Waals surface area contributed by atoms with E-state index in [0.717, 1.165) is 12.0 Å². The summed E-state index contributed by atoms with van der Waals surface area (Å²) in [6.07, 6.45) is 2.25. The number of phenols is 1. The van der Waals surface area contributed by atoms with E-state index in [1.165, 1.54) is 5.56 Å². The van der Waals surface area contributed by atoms with Crippen LogP contribution in [-0.4, -0.2) is 10.9 Å². The standard InChI is InChI=1S/C22H28O2/c1-16(2)15-22(3,4)18-12-9-17(10-13-18)11-14-21(24)19-7-5-6-8-20(19)23/h5-10,12-13,16,23H,11,14-15H2,1-4H3. The lowest BCUT2D eigenvalue weighted by molar-refractivity contribution is 0.0980. The Morgan fingerprint density at radius 2 is 1.67 bits per heavy atom. The molecule has 0 aliphatic carbocycles. The van der Waals surface area contributed by atoms with Crippen LogP contribution in [0.15, 0.2) is 48.5 Å². The molecule has 2 heteroatoms. The van der Waals surface area contributed by atoms with E-state index in [4.69, 9.17) is 0 Å². The molecule has 0 unspecified atom stereocenters. The van der Waals surface area contributed by atoms with Crippen molar-refractivity contribution < 1.29 is 9.90 Å². The third kappa shape index (κ3) is 4.70. The first kappa shape index (κ1) is 18.3. The van der Waals surface area contributed by atoms with Gasteiger partial charge in [-0.05, 0) is 47.4 Å². The highest BCUT2D eigenvalue weighted by molar-refractivity contribution is 5.98. The predicted molar refractivity (Wildman–Crippen MR) is 99.7 cm³/mol. The zero-order valence-corrected chi connectivity index (χ0v) is 15.2. The van der Waals surface area contributed by atoms with Gasteiger partial charge in [-0.1, -0.05) is 64.1 Å². The number of carbonyl (C=O) groups is 1. The van der Waals surface area contributed by atoms with Crippen molar-refractivity contribution in [1.29, 1.82) is 0 Å². The number of carbonyl (C=O) groups excluding carboxylic acids is 1. The Kier molecular flexibility index (Phi) is 5.82. The smallest absolute Gasteiger partial charge is 0.166 e. The van der Waals surface area contributed by atoms with Crippen molar-refractivity contribution in [3.05, 3.63) is 65.2 Å². The van der Waals surface area contributed by atoms with E-state index in [2.05, 4.69) is 52.0 Å². The summed E-state index contributed by atoms with van der Waals surface area (Å²) in [5.41, 5.74) is 3.07. The van der Waals surface area contributed by atoms with Gasteiger partial charge in [-0.25, -0.2) is 0 Å². The lowest BCUT2D eigenvalue weighted by Gasteiger charge is -2.27. The SMILES string of the molecule is CC(C)CC(C)(C)c1ccc(CCC(=O)c2ccccc2O)cc1. The van der Waals surface area contributed by atoms with Crippen LogP contribution in [0, 0.1) is 5.92 Å². The predicted octanol–water partition coefficient (Wildman–Crippen LogP) is 5.53. The number of para-hydroxylation sites is 1. The fraction of sp³-hybridized carbons (Fsp3) is 0.409. The molecule has 2 nitrogen and oxygen atoms in total. The number of hydrogen-bond acceptors (Lipinski definition) is 2. The Bertz CT molecular complexity index is 681. The van der Waals surface area contributed by atoms with Crippen LogP contribution in [0.25, 0.3) is 0 Å². The lowest BCUT2D eigenvalue weighted by atomic mass is 9.77. The number of aromatic hydroxyl groups is 1. The Balaban J connectivity index is 2.00. The number of Topliss-reactive ketones (excluding diaryl/α,β-unsaturated/α-hetero) is 1. The molecule has 1 N–H and O–H groups in total. The molecule has 0 amide bonds. The van der Waals surface area contributed by atoms with Gasteiger partial charge in [0.2, 0.25) is 0 Å². The summed E-state index contributed by atoms with van der Waals surface area (Å²) in [6.45, 7) is 9.06. The Labute approximate surface area is 145 Å². The van der Waals surface area contributed by atoms with Crippen LogP contribution in [-0.2, 0) is 11.8 Å². The van der Waals surface area contributed by atoms with Crippen LogP contribution in [0.5, 0.6) is 5.75 Å². The highest BCUT2D eigenvalue weighted by Gasteiger charge is 2.21. The summed E-state index contributed by atoms with van der Waals surface area (Å²) in [5.74, 6) is 0.710. The third-order valence-electron chi connectivity index (χ3n) is 4.50. The van der Waals surface area contributed by atoms with Gasteiger partial charge in [-0.3, -0.25) is 4.79 Å². The number of ketones is 1. The molecule has 0 saturated carbocycles. The van der Waals surface area contributed by atoms with E-state index < -0.39 is 0 Å². The molecular weight excluding hydrogens is 296 g/mol. The van der Waals surface area contributed by atoms with Crippen molar-refractivity contribution in [1.82, 2.24) is 0 Å². The van der Waals surface area contributed by atoms with E-state index in [1.54, 1.807) is 24.3 Å². The van der Waals surface area contributed by atoms with Crippen LogP contribution >= 0.6 is 0 Å². The Morgan fingerprint density at radius 3 is 2.25 bits per heavy atom. The number of rotatable bonds is 7. The van der Waals surface area contributed by atoms with Crippen LogP contribution in [0.1, 0.15) is 62.0 Å². The second kappa shape index (κ2) is 7.65. The monoisotopic (exact) mass is 324 g/mol. The van der Waals surface area contributed by atoms with Gasteiger partial charge in [0.25, 0.3) is 0 Å². The average molecular weight is 324 g/mol. The number of hydrogen-bond donors (Lipinski definition) is 1. The first-order chi connectivity index (χ1) is 11.3. The molecule has 0 fully saturated rings. The van der Waals surface area contributed by atoms with Crippen molar-refractivity contribution in [3.8, 4) is 5.75 Å². The molecule has 0 heterocycles. The molecule has 2 aromatic carbocycles. The highest BCUT2D eigenvalue weighted by Crippen LogP contribution is 2.30. The van der Waals surface area contributed by atoms with Crippen LogP contribution < -0.4 is 0 Å². The second-order valence-electron chi connectivity index (χ2n) is 7.62. The molecule has 0 aromatic heterocycles. The number of phenolic OH excluding ortho intramolecular Hbond substituents is 1. The Morgan fingerprint density at radius 1 is 1.04 bits per heavy atom. The summed E-state index contributed by atoms with van der Waals surface area (Å²) in [6, 6.07) is 15.3. The van der Waals surface area contributed by atoms with Gasteiger partial charge in [0.05, 0.1) is 5.56 Å². The maximum Gasteiger partial charge on any atom is 0.166 e. The molecule has 0 radical (unpaired) electrons. The zero-order valence-electron chi connectivity index (χ0n) is 15.2. The molecule has 0 atom stereocenters. The summed E-state index contributed by atoms with van der Waals surface area (Å²) in [7, 11) is 0. The van der Waals surface area contributed by atoms with Crippen molar-refractivity contribution >= 4 is 5.78 Å². The topological polar surface area (TPSA) is 37.3 Å². The van der Waals surface area contributed by atoms with Crippen molar-refractivity contribution in [3.63, 3.8) is 0 Å². The minimum absolute atomic E-state index is 0.0164. The van der Waals surface area contributed by atoms with Crippen LogP contribution in [0.3, 0.4) is 0 Å². The molecule has 2 aromatic rings. The normalized spacial score (nSPS) is 11.7. The quantitative estimate of drug-likeness (QED) is 0.680.